The van der Waals surface area contributed by atoms with Crippen molar-refractivity contribution >= 4 is 0 Å². The number of aliphatic hydroxyl groups is 3. The van der Waals surface area contributed by atoms with Crippen LogP contribution in [-0.2, 0) is 0 Å². The van der Waals surface area contributed by atoms with Crippen LogP contribution in [0, 0.1) is 5.92 Å². The second-order valence-corrected chi connectivity index (χ2v) is 2.10. The summed E-state index contributed by atoms with van der Waals surface area (Å²) in [6, 6.07) is 0. The molecule has 0 aromatic heterocycles. The normalized spacial score (nSPS) is 9.60. The summed E-state index contributed by atoms with van der Waals surface area (Å²) in [5.74, 6) is -0.0443. The fourth-order valence-electron chi connectivity index (χ4n) is 0.620. The minimum Gasteiger partial charge on any atom is -1.00 e. The summed E-state index contributed by atoms with van der Waals surface area (Å²) in [4.78, 5) is 0. The molecule has 58 valence electrons. The maximum atomic E-state index is 8.51. The Morgan fingerprint density at radius 1 is 1.10 bits per heavy atom. The molecule has 3 nitrogen and oxygen atoms in total. The molecule has 0 aromatic carbocycles. The first kappa shape index (κ1) is 13.1. The molecule has 0 saturated heterocycles. The van der Waals surface area contributed by atoms with Gasteiger partial charge in [0.2, 0.25) is 0 Å². The van der Waals surface area contributed by atoms with Gasteiger partial charge in [0.1, 0.15) is 0 Å². The molecule has 0 aromatic rings. The van der Waals surface area contributed by atoms with Gasteiger partial charge in [-0.1, -0.05) is 0 Å². The molecular weight excluding hydrogens is 127 g/mol. The Morgan fingerprint density at radius 3 is 1.90 bits per heavy atom. The minimum atomic E-state index is -0.0443. The molecule has 4 heteroatoms. The first-order valence-electron chi connectivity index (χ1n) is 3.17. The average Bonchev–Trinajstić information content (AvgIpc) is 1.91. The van der Waals surface area contributed by atoms with Crippen LogP contribution in [0.3, 0.4) is 0 Å². The molecule has 3 N–H and O–H groups in total. The average molecular weight is 142 g/mol. The molecule has 0 bridgehead atoms. The van der Waals surface area contributed by atoms with Crippen molar-refractivity contribution in [3.8, 4) is 0 Å². The van der Waals surface area contributed by atoms with E-state index in [9.17, 15) is 0 Å². The summed E-state index contributed by atoms with van der Waals surface area (Å²) in [5, 5.41) is 25.4. The second-order valence-electron chi connectivity index (χ2n) is 2.10. The van der Waals surface area contributed by atoms with Crippen molar-refractivity contribution in [3.63, 3.8) is 0 Å². The van der Waals surface area contributed by atoms with Gasteiger partial charge in [0.05, 0.1) is 0 Å². The summed E-state index contributed by atoms with van der Waals surface area (Å²) in [7, 11) is 0. The van der Waals surface area contributed by atoms with E-state index in [0.717, 1.165) is 0 Å². The van der Waals surface area contributed by atoms with Gasteiger partial charge >= 0.3 is 18.9 Å². The Balaban J connectivity index is -0.000000320. The quantitative estimate of drug-likeness (QED) is 0.349. The third-order valence-electron chi connectivity index (χ3n) is 1.29. The molecule has 0 aliphatic rings. The SMILES string of the molecule is OCCCC(CO)CO.[H-].[Li+]. The predicted octanol–water partition coefficient (Wildman–Crippen LogP) is -3.52. The Kier molecular flexibility index (Phi) is 12.4. The number of rotatable bonds is 5. The van der Waals surface area contributed by atoms with Gasteiger partial charge in [-0.3, -0.25) is 0 Å². The van der Waals surface area contributed by atoms with Crippen molar-refractivity contribution in [2.75, 3.05) is 19.8 Å². The molecule has 0 amide bonds. The summed E-state index contributed by atoms with van der Waals surface area (Å²) in [6.45, 7) is 0.156. The molecule has 0 fully saturated rings. The monoisotopic (exact) mass is 142 g/mol. The van der Waals surface area contributed by atoms with Gasteiger partial charge in [-0.2, -0.15) is 0 Å². The molecule has 0 spiro atoms. The van der Waals surface area contributed by atoms with E-state index in [4.69, 9.17) is 15.3 Å². The van der Waals surface area contributed by atoms with Gasteiger partial charge in [0, 0.05) is 25.7 Å². The fraction of sp³-hybridized carbons (Fsp3) is 1.00. The molecule has 0 aliphatic carbocycles. The number of hydrogen-bond acceptors (Lipinski definition) is 3. The van der Waals surface area contributed by atoms with E-state index in [-0.39, 0.29) is 46.0 Å². The van der Waals surface area contributed by atoms with Crippen molar-refractivity contribution in [1.29, 1.82) is 0 Å². The molecule has 0 radical (unpaired) electrons. The van der Waals surface area contributed by atoms with Crippen LogP contribution >= 0.6 is 0 Å². The zero-order valence-electron chi connectivity index (χ0n) is 7.45. The summed E-state index contributed by atoms with van der Waals surface area (Å²) < 4.78 is 0. The zero-order valence-corrected chi connectivity index (χ0v) is 6.45. The fourth-order valence-corrected chi connectivity index (χ4v) is 0.620. The van der Waals surface area contributed by atoms with Gasteiger partial charge < -0.3 is 16.7 Å². The molecule has 0 aliphatic heterocycles. The van der Waals surface area contributed by atoms with Crippen molar-refractivity contribution in [2.45, 2.75) is 12.8 Å². The minimum absolute atomic E-state index is 0. The Hall–Kier alpha value is 0.477. The molecule has 0 heterocycles. The van der Waals surface area contributed by atoms with Gasteiger partial charge in [-0.25, -0.2) is 0 Å². The van der Waals surface area contributed by atoms with E-state index in [0.29, 0.717) is 12.8 Å². The van der Waals surface area contributed by atoms with Crippen LogP contribution in [-0.4, -0.2) is 35.1 Å². The molecule has 10 heavy (non-hydrogen) atoms. The third-order valence-corrected chi connectivity index (χ3v) is 1.29. The maximum absolute atomic E-state index is 8.51. The van der Waals surface area contributed by atoms with Gasteiger partial charge in [0.15, 0.2) is 0 Å². The van der Waals surface area contributed by atoms with E-state index in [1.807, 2.05) is 0 Å². The van der Waals surface area contributed by atoms with Crippen LogP contribution in [0.4, 0.5) is 0 Å². The number of aliphatic hydroxyl groups excluding tert-OH is 3. The van der Waals surface area contributed by atoms with Crippen molar-refractivity contribution < 1.29 is 35.6 Å². The van der Waals surface area contributed by atoms with E-state index < -0.39 is 0 Å². The van der Waals surface area contributed by atoms with Crippen LogP contribution in [0.15, 0.2) is 0 Å². The summed E-state index contributed by atoms with van der Waals surface area (Å²) in [5.41, 5.74) is 0. The van der Waals surface area contributed by atoms with Crippen molar-refractivity contribution in [2.24, 2.45) is 5.92 Å². The largest absolute Gasteiger partial charge is 1.00 e. The van der Waals surface area contributed by atoms with Crippen LogP contribution in [0.2, 0.25) is 0 Å². The summed E-state index contributed by atoms with van der Waals surface area (Å²) >= 11 is 0. The Labute approximate surface area is 74.7 Å². The molecule has 0 rings (SSSR count). The second kappa shape index (κ2) is 9.48. The first-order valence-corrected chi connectivity index (χ1v) is 3.17. The van der Waals surface area contributed by atoms with Crippen LogP contribution in [0.25, 0.3) is 0 Å². The van der Waals surface area contributed by atoms with Crippen molar-refractivity contribution in [3.05, 3.63) is 0 Å². The summed E-state index contributed by atoms with van der Waals surface area (Å²) in [6.07, 6.45) is 1.36. The maximum Gasteiger partial charge on any atom is 1.00 e. The van der Waals surface area contributed by atoms with Gasteiger partial charge in [-0.05, 0) is 12.8 Å². The third kappa shape index (κ3) is 6.60. The molecule has 0 saturated carbocycles. The standard InChI is InChI=1S/C6H14O3.Li.H/c7-3-1-2-6(4-8)5-9;;/h6-9H,1-5H2;;/q;+1;-1. The van der Waals surface area contributed by atoms with E-state index in [1.54, 1.807) is 0 Å². The van der Waals surface area contributed by atoms with Crippen LogP contribution in [0.1, 0.15) is 14.3 Å². The molecular formula is C6H15LiO3. The first-order chi connectivity index (χ1) is 4.35. The Bertz CT molecular complexity index is 61.8. The van der Waals surface area contributed by atoms with Crippen LogP contribution < -0.4 is 18.9 Å². The van der Waals surface area contributed by atoms with Crippen molar-refractivity contribution in [1.82, 2.24) is 0 Å². The molecule has 0 unspecified atom stereocenters. The zero-order chi connectivity index (χ0) is 7.11. The van der Waals surface area contributed by atoms with Gasteiger partial charge in [0.25, 0.3) is 0 Å². The molecule has 0 atom stereocenters. The van der Waals surface area contributed by atoms with E-state index in [2.05, 4.69) is 0 Å². The topological polar surface area (TPSA) is 60.7 Å². The number of hydrogen-bond donors (Lipinski definition) is 3. The smallest absolute Gasteiger partial charge is 1.00 e. The predicted molar refractivity (Wildman–Crippen MR) is 35.1 cm³/mol. The Morgan fingerprint density at radius 2 is 1.60 bits per heavy atom. The van der Waals surface area contributed by atoms with Gasteiger partial charge in [-0.15, -0.1) is 0 Å². The van der Waals surface area contributed by atoms with E-state index in [1.165, 1.54) is 0 Å². The van der Waals surface area contributed by atoms with Crippen LogP contribution in [0.5, 0.6) is 0 Å². The van der Waals surface area contributed by atoms with E-state index >= 15 is 0 Å².